The predicted octanol–water partition coefficient (Wildman–Crippen LogP) is 1.68. The first-order chi connectivity index (χ1) is 9.88. The number of likely N-dealkylation sites (tertiary alicyclic amines) is 1. The molecular formula is C14H19ClN2O3S. The minimum Gasteiger partial charge on any atom is -0.375 e. The van der Waals surface area contributed by atoms with E-state index in [1.165, 1.54) is 0 Å². The van der Waals surface area contributed by atoms with E-state index in [1.54, 1.807) is 4.90 Å². The second kappa shape index (κ2) is 6.66. The highest BCUT2D eigenvalue weighted by molar-refractivity contribution is 8.14. The molecule has 1 aliphatic rings. The van der Waals surface area contributed by atoms with Crippen molar-refractivity contribution < 1.29 is 13.2 Å². The molecular weight excluding hydrogens is 312 g/mol. The number of nitrogens with zero attached hydrogens (tertiary/aromatic N) is 2. The van der Waals surface area contributed by atoms with Gasteiger partial charge in [0.25, 0.3) is 0 Å². The first-order valence-corrected chi connectivity index (χ1v) is 9.22. The largest absolute Gasteiger partial charge is 0.375 e. The molecule has 116 valence electrons. The van der Waals surface area contributed by atoms with Gasteiger partial charge in [0, 0.05) is 49.5 Å². The lowest BCUT2D eigenvalue weighted by Gasteiger charge is -2.21. The van der Waals surface area contributed by atoms with Gasteiger partial charge < -0.3 is 9.80 Å². The molecule has 1 amide bonds. The third-order valence-corrected chi connectivity index (χ3v) is 5.56. The Labute approximate surface area is 129 Å². The summed E-state index contributed by atoms with van der Waals surface area (Å²) in [7, 11) is 3.66. The Kier molecular flexibility index (Phi) is 5.11. The quantitative estimate of drug-likeness (QED) is 0.745. The van der Waals surface area contributed by atoms with Gasteiger partial charge in [0.1, 0.15) is 5.25 Å². The Bertz CT molecular complexity index is 591. The van der Waals surface area contributed by atoms with Gasteiger partial charge in [-0.05, 0) is 18.6 Å². The first-order valence-electron chi connectivity index (χ1n) is 6.85. The Balaban J connectivity index is 1.80. The molecule has 1 aromatic carbocycles. The second-order valence-electron chi connectivity index (χ2n) is 5.25. The van der Waals surface area contributed by atoms with E-state index in [0.717, 1.165) is 18.7 Å². The third-order valence-electron chi connectivity index (χ3n) is 3.70. The van der Waals surface area contributed by atoms with Crippen molar-refractivity contribution in [2.45, 2.75) is 18.1 Å². The van der Waals surface area contributed by atoms with Crippen LogP contribution < -0.4 is 4.90 Å². The lowest BCUT2D eigenvalue weighted by Crippen LogP contribution is -2.30. The van der Waals surface area contributed by atoms with Crippen LogP contribution >= 0.6 is 10.7 Å². The minimum absolute atomic E-state index is 0.000355. The van der Waals surface area contributed by atoms with Gasteiger partial charge in [-0.15, -0.1) is 0 Å². The van der Waals surface area contributed by atoms with Crippen molar-refractivity contribution in [3.05, 3.63) is 30.3 Å². The number of hydrogen-bond donors (Lipinski definition) is 0. The number of para-hydroxylation sites is 1. The molecule has 0 aromatic heterocycles. The highest BCUT2D eigenvalue weighted by Gasteiger charge is 2.36. The van der Waals surface area contributed by atoms with E-state index in [-0.39, 0.29) is 18.9 Å². The maximum Gasteiger partial charge on any atom is 0.237 e. The van der Waals surface area contributed by atoms with E-state index in [1.807, 2.05) is 37.4 Å². The van der Waals surface area contributed by atoms with E-state index in [4.69, 9.17) is 10.7 Å². The smallest absolute Gasteiger partial charge is 0.237 e. The van der Waals surface area contributed by atoms with Gasteiger partial charge in [0.05, 0.1) is 0 Å². The van der Waals surface area contributed by atoms with Crippen molar-refractivity contribution in [3.8, 4) is 0 Å². The van der Waals surface area contributed by atoms with Crippen LogP contribution in [0.4, 0.5) is 5.69 Å². The molecule has 1 atom stereocenters. The summed E-state index contributed by atoms with van der Waals surface area (Å²) in [6.07, 6.45) is 0.784. The fourth-order valence-electron chi connectivity index (χ4n) is 2.45. The standard InChI is InChI=1S/C14H19ClN2O3S/c1-16(12-6-3-2-4-7-12)8-5-9-17-11-13(10-14(17)18)21(15,19)20/h2-4,6-7,13H,5,8-11H2,1H3. The van der Waals surface area contributed by atoms with Crippen molar-refractivity contribution in [2.24, 2.45) is 0 Å². The van der Waals surface area contributed by atoms with Gasteiger partial charge in [0.2, 0.25) is 15.0 Å². The monoisotopic (exact) mass is 330 g/mol. The molecule has 21 heavy (non-hydrogen) atoms. The summed E-state index contributed by atoms with van der Waals surface area (Å²) in [6.45, 7) is 1.56. The van der Waals surface area contributed by atoms with Crippen LogP contribution in [0.3, 0.4) is 0 Å². The minimum atomic E-state index is -3.65. The molecule has 1 heterocycles. The molecule has 0 bridgehead atoms. The van der Waals surface area contributed by atoms with Crippen molar-refractivity contribution in [2.75, 3.05) is 31.6 Å². The lowest BCUT2D eigenvalue weighted by molar-refractivity contribution is -0.127. The van der Waals surface area contributed by atoms with Crippen LogP contribution in [-0.4, -0.2) is 51.2 Å². The van der Waals surface area contributed by atoms with Crippen LogP contribution in [-0.2, 0) is 13.8 Å². The van der Waals surface area contributed by atoms with Crippen molar-refractivity contribution in [3.63, 3.8) is 0 Å². The number of amides is 1. The van der Waals surface area contributed by atoms with E-state index < -0.39 is 14.3 Å². The molecule has 2 rings (SSSR count). The van der Waals surface area contributed by atoms with Crippen LogP contribution in [0.25, 0.3) is 0 Å². The Morgan fingerprint density at radius 2 is 2.00 bits per heavy atom. The summed E-state index contributed by atoms with van der Waals surface area (Å²) in [5, 5.41) is -0.765. The second-order valence-corrected chi connectivity index (χ2v) is 8.16. The van der Waals surface area contributed by atoms with E-state index in [0.29, 0.717) is 6.54 Å². The summed E-state index contributed by atoms with van der Waals surface area (Å²) in [4.78, 5) is 15.5. The van der Waals surface area contributed by atoms with Crippen LogP contribution in [0.5, 0.6) is 0 Å². The summed E-state index contributed by atoms with van der Waals surface area (Å²) in [6, 6.07) is 9.97. The molecule has 0 radical (unpaired) electrons. The number of rotatable bonds is 6. The molecule has 1 fully saturated rings. The number of carbonyl (C=O) groups is 1. The van der Waals surface area contributed by atoms with Crippen molar-refractivity contribution in [1.82, 2.24) is 4.90 Å². The molecule has 0 saturated carbocycles. The Morgan fingerprint density at radius 3 is 2.57 bits per heavy atom. The maximum absolute atomic E-state index is 11.8. The molecule has 1 saturated heterocycles. The van der Waals surface area contributed by atoms with Crippen LogP contribution in [0.2, 0.25) is 0 Å². The number of benzene rings is 1. The normalized spacial score (nSPS) is 19.0. The zero-order chi connectivity index (χ0) is 15.5. The first kappa shape index (κ1) is 16.1. The summed E-state index contributed by atoms with van der Waals surface area (Å²) < 4.78 is 22.5. The highest BCUT2D eigenvalue weighted by atomic mass is 35.7. The average Bonchev–Trinajstić information content (AvgIpc) is 2.81. The van der Waals surface area contributed by atoms with Gasteiger partial charge in [-0.2, -0.15) is 0 Å². The molecule has 7 heteroatoms. The fourth-order valence-corrected chi connectivity index (χ4v) is 3.51. The van der Waals surface area contributed by atoms with Gasteiger partial charge >= 0.3 is 0 Å². The number of carbonyl (C=O) groups excluding carboxylic acids is 1. The zero-order valence-corrected chi connectivity index (χ0v) is 13.5. The Hall–Kier alpha value is -1.27. The number of hydrogen-bond acceptors (Lipinski definition) is 4. The number of anilines is 1. The van der Waals surface area contributed by atoms with Gasteiger partial charge in [-0.25, -0.2) is 8.42 Å². The topological polar surface area (TPSA) is 57.7 Å². The Morgan fingerprint density at radius 1 is 1.33 bits per heavy atom. The molecule has 0 aliphatic carbocycles. The maximum atomic E-state index is 11.8. The third kappa shape index (κ3) is 4.35. The highest BCUT2D eigenvalue weighted by Crippen LogP contribution is 2.21. The van der Waals surface area contributed by atoms with Crippen LogP contribution in [0.1, 0.15) is 12.8 Å². The predicted molar refractivity (Wildman–Crippen MR) is 84.1 cm³/mol. The summed E-state index contributed by atoms with van der Waals surface area (Å²) in [5.41, 5.74) is 1.12. The molecule has 1 aliphatic heterocycles. The van der Waals surface area contributed by atoms with Gasteiger partial charge in [-0.3, -0.25) is 4.79 Å². The lowest BCUT2D eigenvalue weighted by atomic mass is 10.3. The van der Waals surface area contributed by atoms with Gasteiger partial charge in [-0.1, -0.05) is 18.2 Å². The van der Waals surface area contributed by atoms with Gasteiger partial charge in [0.15, 0.2) is 0 Å². The molecule has 1 aromatic rings. The molecule has 0 N–H and O–H groups in total. The van der Waals surface area contributed by atoms with Crippen molar-refractivity contribution in [1.29, 1.82) is 0 Å². The molecule has 1 unspecified atom stereocenters. The van der Waals surface area contributed by atoms with Crippen LogP contribution in [0, 0.1) is 0 Å². The van der Waals surface area contributed by atoms with E-state index in [9.17, 15) is 13.2 Å². The fraction of sp³-hybridized carbons (Fsp3) is 0.500. The SMILES string of the molecule is CN(CCCN1CC(S(=O)(=O)Cl)CC1=O)c1ccccc1. The number of halogens is 1. The summed E-state index contributed by atoms with van der Waals surface area (Å²) in [5.74, 6) is -0.133. The molecule has 5 nitrogen and oxygen atoms in total. The zero-order valence-electron chi connectivity index (χ0n) is 11.9. The average molecular weight is 331 g/mol. The van der Waals surface area contributed by atoms with E-state index >= 15 is 0 Å². The van der Waals surface area contributed by atoms with Crippen molar-refractivity contribution >= 4 is 31.3 Å². The van der Waals surface area contributed by atoms with E-state index in [2.05, 4.69) is 4.90 Å². The summed E-state index contributed by atoms with van der Waals surface area (Å²) >= 11 is 0. The van der Waals surface area contributed by atoms with Crippen LogP contribution in [0.15, 0.2) is 30.3 Å². The molecule has 0 spiro atoms.